The van der Waals surface area contributed by atoms with Crippen molar-refractivity contribution in [3.63, 3.8) is 0 Å². The van der Waals surface area contributed by atoms with E-state index in [4.69, 9.17) is 15.9 Å². The highest BCUT2D eigenvalue weighted by molar-refractivity contribution is 5.85. The summed E-state index contributed by atoms with van der Waals surface area (Å²) in [6.07, 6.45) is -1.15. The fourth-order valence-electron chi connectivity index (χ4n) is 1.21. The van der Waals surface area contributed by atoms with E-state index in [1.54, 1.807) is 0 Å². The monoisotopic (exact) mass is 218 g/mol. The number of hydrogen-bond acceptors (Lipinski definition) is 4. The molecule has 2 atom stereocenters. The summed E-state index contributed by atoms with van der Waals surface area (Å²) in [5.41, 5.74) is 5.29. The number of rotatable bonds is 2. The lowest BCUT2D eigenvalue weighted by atomic mass is 10.3. The number of aliphatic hydroxyl groups excluding tert-OH is 2. The van der Waals surface area contributed by atoms with E-state index in [1.165, 1.54) is 0 Å². The van der Waals surface area contributed by atoms with Gasteiger partial charge in [0.15, 0.2) is 0 Å². The average molecular weight is 219 g/mol. The predicted octanol–water partition coefficient (Wildman–Crippen LogP) is -1.17. The molecule has 0 bridgehead atoms. The van der Waals surface area contributed by atoms with E-state index < -0.39 is 12.2 Å². The molecule has 1 saturated heterocycles. The molecule has 0 radical (unpaired) electrons. The number of aliphatic hydroxyl groups is 2. The van der Waals surface area contributed by atoms with Crippen LogP contribution in [0.5, 0.6) is 0 Å². The van der Waals surface area contributed by atoms with E-state index >= 15 is 0 Å². The second kappa shape index (κ2) is 6.88. The largest absolute Gasteiger partial charge is 0.389 e. The van der Waals surface area contributed by atoms with Crippen molar-refractivity contribution in [3.05, 3.63) is 0 Å². The lowest BCUT2D eigenvalue weighted by Gasteiger charge is -2.11. The molecular formula is C6H16Cl2N2O2. The third-order valence-electron chi connectivity index (χ3n) is 1.78. The van der Waals surface area contributed by atoms with Gasteiger partial charge in [0.1, 0.15) is 0 Å². The van der Waals surface area contributed by atoms with Crippen LogP contribution in [0, 0.1) is 0 Å². The first-order chi connectivity index (χ1) is 4.74. The molecule has 1 fully saturated rings. The minimum atomic E-state index is -0.577. The van der Waals surface area contributed by atoms with Crippen molar-refractivity contribution in [2.45, 2.75) is 12.2 Å². The molecule has 0 spiro atoms. The Bertz CT molecular complexity index is 108. The van der Waals surface area contributed by atoms with Crippen LogP contribution < -0.4 is 5.73 Å². The van der Waals surface area contributed by atoms with Crippen molar-refractivity contribution >= 4 is 24.8 Å². The van der Waals surface area contributed by atoms with E-state index in [0.717, 1.165) is 6.54 Å². The van der Waals surface area contributed by atoms with Gasteiger partial charge >= 0.3 is 0 Å². The normalized spacial score (nSPS) is 29.2. The smallest absolute Gasteiger partial charge is 0.0938 e. The first-order valence-corrected chi connectivity index (χ1v) is 3.52. The molecule has 0 aromatic carbocycles. The lowest BCUT2D eigenvalue weighted by molar-refractivity contribution is 0.0572. The van der Waals surface area contributed by atoms with Crippen molar-refractivity contribution in [2.75, 3.05) is 26.2 Å². The quantitative estimate of drug-likeness (QED) is 0.547. The van der Waals surface area contributed by atoms with Crippen LogP contribution in [-0.2, 0) is 0 Å². The molecule has 6 heteroatoms. The van der Waals surface area contributed by atoms with Gasteiger partial charge in [-0.3, -0.25) is 4.90 Å². The summed E-state index contributed by atoms with van der Waals surface area (Å²) in [7, 11) is 0. The molecule has 1 aliphatic rings. The summed E-state index contributed by atoms with van der Waals surface area (Å²) in [6, 6.07) is 0. The van der Waals surface area contributed by atoms with Crippen LogP contribution in [0.3, 0.4) is 0 Å². The van der Waals surface area contributed by atoms with Gasteiger partial charge in [0, 0.05) is 26.2 Å². The maximum Gasteiger partial charge on any atom is 0.0938 e. The molecule has 0 saturated carbocycles. The lowest BCUT2D eigenvalue weighted by Crippen LogP contribution is -2.28. The number of halogens is 2. The van der Waals surface area contributed by atoms with E-state index in [0.29, 0.717) is 19.6 Å². The second-order valence-electron chi connectivity index (χ2n) is 2.68. The SMILES string of the molecule is Cl.Cl.NCCN1C[C@H](O)[C@@H](O)C1. The molecule has 1 aliphatic heterocycles. The fourth-order valence-corrected chi connectivity index (χ4v) is 1.21. The number of hydrogen-bond donors (Lipinski definition) is 3. The number of nitrogens with zero attached hydrogens (tertiary/aromatic N) is 1. The van der Waals surface area contributed by atoms with Crippen LogP contribution in [0.4, 0.5) is 0 Å². The van der Waals surface area contributed by atoms with Crippen LogP contribution in [0.1, 0.15) is 0 Å². The number of nitrogens with two attached hydrogens (primary N) is 1. The molecule has 0 aliphatic carbocycles. The Kier molecular flexibility index (Phi) is 8.56. The highest BCUT2D eigenvalue weighted by Gasteiger charge is 2.28. The molecule has 4 N–H and O–H groups in total. The fraction of sp³-hybridized carbons (Fsp3) is 1.00. The zero-order valence-corrected chi connectivity index (χ0v) is 8.35. The molecule has 1 heterocycles. The summed E-state index contributed by atoms with van der Waals surface area (Å²) in [4.78, 5) is 1.95. The zero-order valence-electron chi connectivity index (χ0n) is 6.72. The highest BCUT2D eigenvalue weighted by Crippen LogP contribution is 2.07. The third-order valence-corrected chi connectivity index (χ3v) is 1.78. The van der Waals surface area contributed by atoms with Crippen LogP contribution >= 0.6 is 24.8 Å². The molecule has 76 valence electrons. The summed E-state index contributed by atoms with van der Waals surface area (Å²) in [5, 5.41) is 18.1. The van der Waals surface area contributed by atoms with Crippen molar-refractivity contribution in [3.8, 4) is 0 Å². The summed E-state index contributed by atoms with van der Waals surface area (Å²) < 4.78 is 0. The van der Waals surface area contributed by atoms with E-state index in [2.05, 4.69) is 0 Å². The standard InChI is InChI=1S/C6H14N2O2.2ClH/c7-1-2-8-3-5(9)6(10)4-8;;/h5-6,9-10H,1-4,7H2;2*1H/t5-,6-;;/m0../s1. The van der Waals surface area contributed by atoms with Crippen molar-refractivity contribution in [1.82, 2.24) is 4.90 Å². The van der Waals surface area contributed by atoms with Crippen molar-refractivity contribution in [1.29, 1.82) is 0 Å². The second-order valence-corrected chi connectivity index (χ2v) is 2.68. The summed E-state index contributed by atoms with van der Waals surface area (Å²) in [6.45, 7) is 2.45. The molecule has 1 rings (SSSR count). The molecule has 0 aromatic rings. The maximum atomic E-state index is 9.06. The maximum absolute atomic E-state index is 9.06. The average Bonchev–Trinajstić information content (AvgIpc) is 2.14. The van der Waals surface area contributed by atoms with Gasteiger partial charge in [-0.1, -0.05) is 0 Å². The van der Waals surface area contributed by atoms with Crippen LogP contribution in [0.15, 0.2) is 0 Å². The predicted molar refractivity (Wildman–Crippen MR) is 52.0 cm³/mol. The van der Waals surface area contributed by atoms with Gasteiger partial charge in [-0.2, -0.15) is 0 Å². The number of β-amino-alcohol motifs (C(OH)–C–C–N with tert-alkyl or cyclic N) is 2. The van der Waals surface area contributed by atoms with Gasteiger partial charge in [0.2, 0.25) is 0 Å². The van der Waals surface area contributed by atoms with Crippen LogP contribution in [-0.4, -0.2) is 53.5 Å². The third kappa shape index (κ3) is 3.89. The first kappa shape index (κ1) is 14.9. The van der Waals surface area contributed by atoms with Gasteiger partial charge in [-0.15, -0.1) is 24.8 Å². The van der Waals surface area contributed by atoms with Crippen LogP contribution in [0.2, 0.25) is 0 Å². The molecule has 0 aromatic heterocycles. The Balaban J connectivity index is 0. The van der Waals surface area contributed by atoms with Gasteiger partial charge in [0.25, 0.3) is 0 Å². The minimum Gasteiger partial charge on any atom is -0.389 e. The van der Waals surface area contributed by atoms with Gasteiger partial charge in [0.05, 0.1) is 12.2 Å². The highest BCUT2D eigenvalue weighted by atomic mass is 35.5. The topological polar surface area (TPSA) is 69.7 Å². The van der Waals surface area contributed by atoms with Crippen molar-refractivity contribution in [2.24, 2.45) is 5.73 Å². The van der Waals surface area contributed by atoms with E-state index in [1.807, 2.05) is 4.90 Å². The Hall–Kier alpha value is 0.420. The van der Waals surface area contributed by atoms with E-state index in [-0.39, 0.29) is 24.8 Å². The van der Waals surface area contributed by atoms with Crippen molar-refractivity contribution < 1.29 is 10.2 Å². The van der Waals surface area contributed by atoms with Gasteiger partial charge < -0.3 is 15.9 Å². The molecule has 0 amide bonds. The van der Waals surface area contributed by atoms with Crippen LogP contribution in [0.25, 0.3) is 0 Å². The molecule has 4 nitrogen and oxygen atoms in total. The van der Waals surface area contributed by atoms with Gasteiger partial charge in [-0.05, 0) is 0 Å². The Morgan fingerprint density at radius 3 is 1.92 bits per heavy atom. The Morgan fingerprint density at radius 1 is 1.17 bits per heavy atom. The van der Waals surface area contributed by atoms with Gasteiger partial charge in [-0.25, -0.2) is 0 Å². The van der Waals surface area contributed by atoms with E-state index in [9.17, 15) is 0 Å². The molecular weight excluding hydrogens is 203 g/mol. The number of likely N-dealkylation sites (tertiary alicyclic amines) is 1. The summed E-state index contributed by atoms with van der Waals surface area (Å²) in [5.74, 6) is 0. The molecule has 0 unspecified atom stereocenters. The molecule has 12 heavy (non-hydrogen) atoms. The summed E-state index contributed by atoms with van der Waals surface area (Å²) >= 11 is 0. The Labute approximate surface area is 84.6 Å². The first-order valence-electron chi connectivity index (χ1n) is 3.52. The Morgan fingerprint density at radius 2 is 1.58 bits per heavy atom. The zero-order chi connectivity index (χ0) is 7.56. The minimum absolute atomic E-state index is 0.